The molecule has 0 aliphatic heterocycles. The van der Waals surface area contributed by atoms with Crippen molar-refractivity contribution in [2.24, 2.45) is 10.8 Å². The molecular weight excluding hydrogens is 256 g/mol. The van der Waals surface area contributed by atoms with E-state index in [-0.39, 0.29) is 10.8 Å². The minimum atomic E-state index is 0.106. The zero-order valence-corrected chi connectivity index (χ0v) is 14.2. The van der Waals surface area contributed by atoms with Crippen molar-refractivity contribution in [2.75, 3.05) is 0 Å². The highest BCUT2D eigenvalue weighted by Crippen LogP contribution is 2.48. The van der Waals surface area contributed by atoms with Crippen LogP contribution in [0.15, 0.2) is 36.4 Å². The Labute approximate surface area is 129 Å². The zero-order chi connectivity index (χ0) is 15.8. The summed E-state index contributed by atoms with van der Waals surface area (Å²) in [5.41, 5.74) is 1.44. The molecule has 1 unspecified atom stereocenters. The van der Waals surface area contributed by atoms with Gasteiger partial charge in [-0.1, -0.05) is 71.9 Å². The van der Waals surface area contributed by atoms with Crippen LogP contribution >= 0.6 is 0 Å². The number of phenols is 1. The van der Waals surface area contributed by atoms with Gasteiger partial charge >= 0.3 is 0 Å². The van der Waals surface area contributed by atoms with E-state index in [0.717, 1.165) is 12.0 Å². The first-order chi connectivity index (χ1) is 9.59. The molecule has 0 aromatic heterocycles. The molecule has 1 nitrogen and oxygen atoms in total. The predicted octanol–water partition coefficient (Wildman–Crippen LogP) is 6.11. The van der Waals surface area contributed by atoms with E-state index in [9.17, 15) is 5.11 Å². The van der Waals surface area contributed by atoms with Gasteiger partial charge in [0.1, 0.15) is 5.75 Å². The quantitative estimate of drug-likeness (QED) is 0.705. The summed E-state index contributed by atoms with van der Waals surface area (Å²) in [6, 6.07) is 12.2. The van der Waals surface area contributed by atoms with Gasteiger partial charge in [-0.05, 0) is 40.0 Å². The summed E-state index contributed by atoms with van der Waals surface area (Å²) in [5, 5.41) is 12.9. The zero-order valence-electron chi connectivity index (χ0n) is 14.2. The van der Waals surface area contributed by atoms with Crippen LogP contribution in [0.5, 0.6) is 5.75 Å². The third-order valence-corrected chi connectivity index (χ3v) is 4.16. The summed E-state index contributed by atoms with van der Waals surface area (Å²) in [5.74, 6) is 0.751. The third-order valence-electron chi connectivity index (χ3n) is 4.16. The van der Waals surface area contributed by atoms with Crippen LogP contribution in [0.4, 0.5) is 0 Å². The monoisotopic (exact) mass is 284 g/mol. The highest BCUT2D eigenvalue weighted by molar-refractivity contribution is 5.88. The lowest BCUT2D eigenvalue weighted by Gasteiger charge is -2.37. The summed E-state index contributed by atoms with van der Waals surface area (Å²) in [6.07, 6.45) is 1.05. The molecule has 1 atom stereocenters. The van der Waals surface area contributed by atoms with Crippen LogP contribution in [-0.4, -0.2) is 5.11 Å². The molecule has 0 saturated carbocycles. The van der Waals surface area contributed by atoms with Crippen LogP contribution in [0.2, 0.25) is 0 Å². The van der Waals surface area contributed by atoms with E-state index in [2.05, 4.69) is 65.8 Å². The fraction of sp³-hybridized carbons (Fsp3) is 0.500. The standard InChI is InChI=1S/C20H28O/c1-19(2,3)13-16(20(4,5)6)18-15-10-8-7-9-14(15)11-12-17(18)21/h7-12,16,21H,13H2,1-6H3. The smallest absolute Gasteiger partial charge is 0.119 e. The average molecular weight is 284 g/mol. The van der Waals surface area contributed by atoms with Gasteiger partial charge in [-0.2, -0.15) is 0 Å². The Hall–Kier alpha value is -1.50. The number of hydrogen-bond acceptors (Lipinski definition) is 1. The topological polar surface area (TPSA) is 20.2 Å². The van der Waals surface area contributed by atoms with Gasteiger partial charge in [0.15, 0.2) is 0 Å². The van der Waals surface area contributed by atoms with Crippen LogP contribution in [0.1, 0.15) is 59.4 Å². The molecule has 1 heteroatoms. The second kappa shape index (κ2) is 5.36. The normalized spacial score (nSPS) is 14.4. The van der Waals surface area contributed by atoms with Crippen molar-refractivity contribution in [1.29, 1.82) is 0 Å². The minimum absolute atomic E-state index is 0.106. The van der Waals surface area contributed by atoms with Gasteiger partial charge < -0.3 is 5.11 Å². The molecule has 0 heterocycles. The molecule has 0 amide bonds. The van der Waals surface area contributed by atoms with E-state index in [1.807, 2.05) is 12.1 Å². The molecule has 0 radical (unpaired) electrons. The predicted molar refractivity (Wildman–Crippen MR) is 91.9 cm³/mol. The molecule has 0 aliphatic carbocycles. The van der Waals surface area contributed by atoms with E-state index < -0.39 is 0 Å². The van der Waals surface area contributed by atoms with Gasteiger partial charge in [0.25, 0.3) is 0 Å². The summed E-state index contributed by atoms with van der Waals surface area (Å²) >= 11 is 0. The van der Waals surface area contributed by atoms with Crippen molar-refractivity contribution in [3.05, 3.63) is 42.0 Å². The SMILES string of the molecule is CC(C)(C)CC(c1c(O)ccc2ccccc12)C(C)(C)C. The fourth-order valence-corrected chi connectivity index (χ4v) is 3.10. The molecule has 0 fully saturated rings. The van der Waals surface area contributed by atoms with Gasteiger partial charge in [0, 0.05) is 5.56 Å². The Kier molecular flexibility index (Phi) is 4.06. The van der Waals surface area contributed by atoms with E-state index in [0.29, 0.717) is 11.7 Å². The van der Waals surface area contributed by atoms with Crippen LogP contribution < -0.4 is 0 Å². The molecule has 2 aromatic carbocycles. The van der Waals surface area contributed by atoms with Crippen molar-refractivity contribution in [2.45, 2.75) is 53.9 Å². The molecule has 0 bridgehead atoms. The maximum absolute atomic E-state index is 10.5. The molecule has 114 valence electrons. The van der Waals surface area contributed by atoms with E-state index in [1.54, 1.807) is 0 Å². The Morgan fingerprint density at radius 1 is 0.905 bits per heavy atom. The highest BCUT2D eigenvalue weighted by atomic mass is 16.3. The average Bonchev–Trinajstić information content (AvgIpc) is 2.34. The first-order valence-corrected chi connectivity index (χ1v) is 7.80. The number of benzene rings is 2. The second-order valence-corrected chi connectivity index (χ2v) is 8.40. The van der Waals surface area contributed by atoms with Crippen LogP contribution in [0.25, 0.3) is 10.8 Å². The van der Waals surface area contributed by atoms with Crippen molar-refractivity contribution in [3.8, 4) is 5.75 Å². The summed E-state index contributed by atoms with van der Waals surface area (Å²) in [7, 11) is 0. The Morgan fingerprint density at radius 3 is 2.10 bits per heavy atom. The van der Waals surface area contributed by atoms with Crippen molar-refractivity contribution in [1.82, 2.24) is 0 Å². The molecule has 2 rings (SSSR count). The van der Waals surface area contributed by atoms with Gasteiger partial charge in [-0.3, -0.25) is 0 Å². The number of phenolic OH excluding ortho intramolecular Hbond substituents is 1. The van der Waals surface area contributed by atoms with Crippen molar-refractivity contribution in [3.63, 3.8) is 0 Å². The largest absolute Gasteiger partial charge is 0.508 e. The first kappa shape index (κ1) is 15.9. The summed E-state index contributed by atoms with van der Waals surface area (Å²) < 4.78 is 0. The Morgan fingerprint density at radius 2 is 1.52 bits per heavy atom. The third kappa shape index (κ3) is 3.58. The maximum atomic E-state index is 10.5. The van der Waals surface area contributed by atoms with E-state index in [4.69, 9.17) is 0 Å². The summed E-state index contributed by atoms with van der Waals surface area (Å²) in [4.78, 5) is 0. The lowest BCUT2D eigenvalue weighted by atomic mass is 9.68. The van der Waals surface area contributed by atoms with E-state index in [1.165, 1.54) is 10.8 Å². The van der Waals surface area contributed by atoms with Crippen molar-refractivity contribution >= 4 is 10.8 Å². The van der Waals surface area contributed by atoms with Gasteiger partial charge in [0.05, 0.1) is 0 Å². The number of fused-ring (bicyclic) bond motifs is 1. The Bertz CT molecular complexity index is 626. The molecular formula is C20H28O. The number of rotatable bonds is 2. The molecule has 21 heavy (non-hydrogen) atoms. The Balaban J connectivity index is 2.67. The fourth-order valence-electron chi connectivity index (χ4n) is 3.10. The molecule has 2 aromatic rings. The van der Waals surface area contributed by atoms with Crippen LogP contribution in [-0.2, 0) is 0 Å². The summed E-state index contributed by atoms with van der Waals surface area (Å²) in [6.45, 7) is 13.6. The lowest BCUT2D eigenvalue weighted by molar-refractivity contribution is 0.227. The first-order valence-electron chi connectivity index (χ1n) is 7.80. The maximum Gasteiger partial charge on any atom is 0.119 e. The van der Waals surface area contributed by atoms with Gasteiger partial charge in [-0.15, -0.1) is 0 Å². The molecule has 0 spiro atoms. The van der Waals surface area contributed by atoms with E-state index >= 15 is 0 Å². The number of hydrogen-bond donors (Lipinski definition) is 1. The molecule has 0 aliphatic rings. The van der Waals surface area contributed by atoms with Gasteiger partial charge in [-0.25, -0.2) is 0 Å². The van der Waals surface area contributed by atoms with Crippen LogP contribution in [0.3, 0.4) is 0 Å². The van der Waals surface area contributed by atoms with Crippen LogP contribution in [0, 0.1) is 10.8 Å². The lowest BCUT2D eigenvalue weighted by Crippen LogP contribution is -2.24. The van der Waals surface area contributed by atoms with Crippen molar-refractivity contribution < 1.29 is 5.11 Å². The minimum Gasteiger partial charge on any atom is -0.508 e. The molecule has 0 saturated heterocycles. The highest BCUT2D eigenvalue weighted by Gasteiger charge is 2.33. The second-order valence-electron chi connectivity index (χ2n) is 8.40. The van der Waals surface area contributed by atoms with Gasteiger partial charge in [0.2, 0.25) is 0 Å². The number of aromatic hydroxyl groups is 1. The molecule has 1 N–H and O–H groups in total.